The minimum absolute atomic E-state index is 0.0262. The number of hydrogen-bond acceptors (Lipinski definition) is 7. The number of ether oxygens (including phenoxy) is 3. The first-order valence-electron chi connectivity index (χ1n) is 7.44. The number of nitrogen functional groups attached to an aromatic ring is 1. The molecule has 3 aromatic rings. The van der Waals surface area contributed by atoms with Crippen LogP contribution in [0.3, 0.4) is 0 Å². The topological polar surface area (TPSA) is 84.4 Å². The van der Waals surface area contributed by atoms with Crippen molar-refractivity contribution < 1.29 is 23.0 Å². The van der Waals surface area contributed by atoms with Crippen LogP contribution < -0.4 is 20.1 Å². The molecular formula is C16H16F2N4O3S. The summed E-state index contributed by atoms with van der Waals surface area (Å²) in [6, 6.07) is 6.12. The molecular weight excluding hydrogens is 366 g/mol. The van der Waals surface area contributed by atoms with Crippen molar-refractivity contribution in [2.75, 3.05) is 20.1 Å². The van der Waals surface area contributed by atoms with E-state index in [-0.39, 0.29) is 5.75 Å². The lowest BCUT2D eigenvalue weighted by molar-refractivity contribution is -0.0497. The van der Waals surface area contributed by atoms with Gasteiger partial charge in [0.15, 0.2) is 16.7 Å². The van der Waals surface area contributed by atoms with E-state index in [0.29, 0.717) is 39.1 Å². The molecule has 3 rings (SSSR count). The van der Waals surface area contributed by atoms with Gasteiger partial charge in [0.1, 0.15) is 5.75 Å². The van der Waals surface area contributed by atoms with Crippen LogP contribution >= 0.6 is 11.8 Å². The first kappa shape index (κ1) is 18.1. The standard InChI is InChI=1S/C16H16F2N4O3S/c1-23-13-5-6-20-11(14(13)24-2)8-26-16-21-10-7-9(25-15(17)18)3-4-12(10)22(16)19/h3-7,15H,8,19H2,1-2H3. The van der Waals surface area contributed by atoms with Gasteiger partial charge in [0, 0.05) is 24.1 Å². The van der Waals surface area contributed by atoms with Gasteiger partial charge in [-0.15, -0.1) is 0 Å². The maximum absolute atomic E-state index is 12.3. The van der Waals surface area contributed by atoms with Gasteiger partial charge >= 0.3 is 6.61 Å². The number of rotatable bonds is 7. The number of pyridine rings is 1. The van der Waals surface area contributed by atoms with Crippen molar-refractivity contribution in [3.05, 3.63) is 36.2 Å². The molecule has 0 saturated heterocycles. The predicted octanol–water partition coefficient (Wildman–Crippen LogP) is 3.06. The quantitative estimate of drug-likeness (QED) is 0.497. The molecule has 0 bridgehead atoms. The molecule has 0 unspecified atom stereocenters. The molecule has 26 heavy (non-hydrogen) atoms. The number of nitrogens with two attached hydrogens (primary N) is 1. The summed E-state index contributed by atoms with van der Waals surface area (Å²) in [5.74, 6) is 7.62. The Balaban J connectivity index is 1.84. The van der Waals surface area contributed by atoms with E-state index in [1.807, 2.05) is 0 Å². The average Bonchev–Trinajstić information content (AvgIpc) is 2.94. The molecule has 0 aliphatic rings. The van der Waals surface area contributed by atoms with Crippen LogP contribution in [0.15, 0.2) is 35.6 Å². The number of imidazole rings is 1. The number of benzene rings is 1. The summed E-state index contributed by atoms with van der Waals surface area (Å²) in [7, 11) is 3.09. The lowest BCUT2D eigenvalue weighted by atomic mass is 10.3. The number of methoxy groups -OCH3 is 2. The van der Waals surface area contributed by atoms with Gasteiger partial charge in [-0.3, -0.25) is 4.98 Å². The van der Waals surface area contributed by atoms with Gasteiger partial charge in [-0.1, -0.05) is 11.8 Å². The third-order valence-corrected chi connectivity index (χ3v) is 4.52. The zero-order valence-corrected chi connectivity index (χ0v) is 14.8. The van der Waals surface area contributed by atoms with Crippen molar-refractivity contribution >= 4 is 22.8 Å². The summed E-state index contributed by atoms with van der Waals surface area (Å²) in [6.45, 7) is -2.90. The van der Waals surface area contributed by atoms with Gasteiger partial charge in [0.05, 0.1) is 30.9 Å². The first-order chi connectivity index (χ1) is 12.5. The zero-order chi connectivity index (χ0) is 18.7. The van der Waals surface area contributed by atoms with Crippen LogP contribution in [0.2, 0.25) is 0 Å². The van der Waals surface area contributed by atoms with Gasteiger partial charge in [-0.05, 0) is 12.1 Å². The van der Waals surface area contributed by atoms with Gasteiger partial charge in [-0.25, -0.2) is 9.66 Å². The number of aromatic nitrogens is 3. The number of hydrogen-bond donors (Lipinski definition) is 1. The van der Waals surface area contributed by atoms with E-state index in [9.17, 15) is 8.78 Å². The number of alkyl halides is 2. The van der Waals surface area contributed by atoms with Crippen LogP contribution in [0, 0.1) is 0 Å². The van der Waals surface area contributed by atoms with Gasteiger partial charge in [-0.2, -0.15) is 8.78 Å². The van der Waals surface area contributed by atoms with Crippen LogP contribution in [0.25, 0.3) is 11.0 Å². The molecule has 0 aliphatic heterocycles. The maximum Gasteiger partial charge on any atom is 0.387 e. The number of thioether (sulfide) groups is 1. The van der Waals surface area contributed by atoms with E-state index in [1.165, 1.54) is 35.7 Å². The summed E-state index contributed by atoms with van der Waals surface area (Å²) in [5.41, 5.74) is 1.73. The second kappa shape index (κ2) is 7.65. The Bertz CT molecular complexity index is 920. The third kappa shape index (κ3) is 3.59. The molecule has 7 nitrogen and oxygen atoms in total. The Kier molecular flexibility index (Phi) is 5.31. The van der Waals surface area contributed by atoms with E-state index in [4.69, 9.17) is 15.3 Å². The summed E-state index contributed by atoms with van der Waals surface area (Å²) in [4.78, 5) is 8.67. The Hall–Kier alpha value is -2.75. The zero-order valence-electron chi connectivity index (χ0n) is 14.0. The number of nitrogens with zero attached hydrogens (tertiary/aromatic N) is 3. The molecule has 0 radical (unpaired) electrons. The highest BCUT2D eigenvalue weighted by atomic mass is 32.2. The molecule has 2 heterocycles. The van der Waals surface area contributed by atoms with E-state index in [2.05, 4.69) is 14.7 Å². The van der Waals surface area contributed by atoms with Crippen molar-refractivity contribution in [1.82, 2.24) is 14.6 Å². The third-order valence-electron chi connectivity index (χ3n) is 3.56. The fourth-order valence-electron chi connectivity index (χ4n) is 2.42. The van der Waals surface area contributed by atoms with Crippen LogP contribution in [-0.2, 0) is 5.75 Å². The predicted molar refractivity (Wildman–Crippen MR) is 93.4 cm³/mol. The molecule has 1 aromatic carbocycles. The summed E-state index contributed by atoms with van der Waals surface area (Å²) in [6.07, 6.45) is 1.62. The molecule has 138 valence electrons. The molecule has 2 aromatic heterocycles. The fourth-order valence-corrected chi connectivity index (χ4v) is 3.29. The summed E-state index contributed by atoms with van der Waals surface area (Å²) in [5, 5.41) is 0.501. The molecule has 10 heteroatoms. The SMILES string of the molecule is COc1ccnc(CSc2nc3cc(OC(F)F)ccc3n2N)c1OC. The molecule has 0 amide bonds. The highest BCUT2D eigenvalue weighted by Crippen LogP contribution is 2.34. The Morgan fingerprint density at radius 2 is 2.04 bits per heavy atom. The lowest BCUT2D eigenvalue weighted by Gasteiger charge is -2.11. The second-order valence-corrected chi connectivity index (χ2v) is 6.02. The van der Waals surface area contributed by atoms with Gasteiger partial charge < -0.3 is 20.1 Å². The molecule has 0 aliphatic carbocycles. The monoisotopic (exact) mass is 382 g/mol. The van der Waals surface area contributed by atoms with Crippen molar-refractivity contribution in [1.29, 1.82) is 0 Å². The van der Waals surface area contributed by atoms with Crippen molar-refractivity contribution in [3.63, 3.8) is 0 Å². The molecule has 0 atom stereocenters. The van der Waals surface area contributed by atoms with E-state index < -0.39 is 6.61 Å². The van der Waals surface area contributed by atoms with Gasteiger partial charge in [0.2, 0.25) is 0 Å². The maximum atomic E-state index is 12.3. The first-order valence-corrected chi connectivity index (χ1v) is 8.43. The van der Waals surface area contributed by atoms with Crippen LogP contribution in [0.5, 0.6) is 17.2 Å². The Morgan fingerprint density at radius 3 is 2.73 bits per heavy atom. The number of halogens is 2. The fraction of sp³-hybridized carbons (Fsp3) is 0.250. The minimum atomic E-state index is -2.90. The minimum Gasteiger partial charge on any atom is -0.493 e. The van der Waals surface area contributed by atoms with Crippen molar-refractivity contribution in [2.24, 2.45) is 0 Å². The number of fused-ring (bicyclic) bond motifs is 1. The normalized spacial score (nSPS) is 11.1. The van der Waals surface area contributed by atoms with E-state index in [0.717, 1.165) is 0 Å². The molecule has 0 spiro atoms. The van der Waals surface area contributed by atoms with E-state index in [1.54, 1.807) is 25.4 Å². The highest BCUT2D eigenvalue weighted by molar-refractivity contribution is 7.98. The van der Waals surface area contributed by atoms with Crippen LogP contribution in [0.4, 0.5) is 8.78 Å². The molecule has 2 N–H and O–H groups in total. The summed E-state index contributed by atoms with van der Waals surface area (Å²) >= 11 is 1.33. The second-order valence-electron chi connectivity index (χ2n) is 5.08. The smallest absolute Gasteiger partial charge is 0.387 e. The van der Waals surface area contributed by atoms with Crippen molar-refractivity contribution in [2.45, 2.75) is 17.5 Å². The van der Waals surface area contributed by atoms with Crippen LogP contribution in [-0.4, -0.2) is 35.5 Å². The molecule has 0 saturated carbocycles. The Morgan fingerprint density at radius 1 is 1.23 bits per heavy atom. The lowest BCUT2D eigenvalue weighted by Crippen LogP contribution is -2.09. The summed E-state index contributed by atoms with van der Waals surface area (Å²) < 4.78 is 41.1. The highest BCUT2D eigenvalue weighted by Gasteiger charge is 2.15. The Labute approximate surface area is 152 Å². The van der Waals surface area contributed by atoms with E-state index >= 15 is 0 Å². The largest absolute Gasteiger partial charge is 0.493 e. The molecule has 0 fully saturated rings. The average molecular weight is 382 g/mol. The van der Waals surface area contributed by atoms with Gasteiger partial charge in [0.25, 0.3) is 0 Å². The van der Waals surface area contributed by atoms with Crippen LogP contribution in [0.1, 0.15) is 5.69 Å². The van der Waals surface area contributed by atoms with Crippen molar-refractivity contribution in [3.8, 4) is 17.2 Å².